The number of para-hydroxylation sites is 1. The number of ether oxygens (including phenoxy) is 1. The first-order valence-corrected chi connectivity index (χ1v) is 4.11. The number of hydrogen-bond acceptors (Lipinski definition) is 3. The van der Waals surface area contributed by atoms with Gasteiger partial charge in [-0.1, -0.05) is 18.2 Å². The molecule has 1 heterocycles. The van der Waals surface area contributed by atoms with Crippen LogP contribution >= 0.6 is 0 Å². The van der Waals surface area contributed by atoms with E-state index in [1.54, 1.807) is 25.1 Å². The summed E-state index contributed by atoms with van der Waals surface area (Å²) >= 11 is 0. The normalized spacial score (nSPS) is 25.5. The van der Waals surface area contributed by atoms with Crippen molar-refractivity contribution in [2.75, 3.05) is 6.61 Å². The van der Waals surface area contributed by atoms with Gasteiger partial charge in [0, 0.05) is 5.56 Å². The second kappa shape index (κ2) is 2.57. The predicted molar refractivity (Wildman–Crippen MR) is 46.5 cm³/mol. The van der Waals surface area contributed by atoms with Crippen molar-refractivity contribution in [2.45, 2.75) is 12.3 Å². The number of carbonyl (C=O) groups excluding carboxylic acids is 1. The molecule has 1 aromatic carbocycles. The van der Waals surface area contributed by atoms with Gasteiger partial charge in [0.2, 0.25) is 0 Å². The van der Waals surface area contributed by atoms with E-state index in [1.165, 1.54) is 0 Å². The molecular formula is C10H10O3. The number of benzene rings is 1. The average Bonchev–Trinajstić information content (AvgIpc) is 2.41. The Morgan fingerprint density at radius 2 is 2.15 bits per heavy atom. The zero-order chi connectivity index (χ0) is 9.47. The Hall–Kier alpha value is -1.35. The van der Waals surface area contributed by atoms with Gasteiger partial charge in [0.1, 0.15) is 11.2 Å². The average molecular weight is 178 g/mol. The minimum Gasteiger partial charge on any atom is -0.425 e. The monoisotopic (exact) mass is 178 g/mol. The van der Waals surface area contributed by atoms with Crippen LogP contribution in [0.25, 0.3) is 0 Å². The molecule has 0 aromatic heterocycles. The van der Waals surface area contributed by atoms with Crippen molar-refractivity contribution in [1.82, 2.24) is 0 Å². The summed E-state index contributed by atoms with van der Waals surface area (Å²) in [5.41, 5.74) is -0.112. The maximum Gasteiger partial charge on any atom is 0.324 e. The van der Waals surface area contributed by atoms with E-state index in [-0.39, 0.29) is 12.6 Å². The highest BCUT2D eigenvalue weighted by atomic mass is 16.5. The Bertz CT molecular complexity index is 359. The van der Waals surface area contributed by atoms with Gasteiger partial charge in [-0.15, -0.1) is 0 Å². The molecule has 2 rings (SSSR count). The van der Waals surface area contributed by atoms with Crippen LogP contribution in [0.2, 0.25) is 0 Å². The third kappa shape index (κ3) is 0.971. The van der Waals surface area contributed by atoms with E-state index < -0.39 is 5.41 Å². The Morgan fingerprint density at radius 1 is 1.46 bits per heavy atom. The summed E-state index contributed by atoms with van der Waals surface area (Å²) in [5.74, 6) is 0.181. The molecule has 1 unspecified atom stereocenters. The summed E-state index contributed by atoms with van der Waals surface area (Å²) in [6.45, 7) is 1.46. The van der Waals surface area contributed by atoms with Crippen LogP contribution in [-0.4, -0.2) is 17.7 Å². The summed E-state index contributed by atoms with van der Waals surface area (Å²) < 4.78 is 5.01. The quantitative estimate of drug-likeness (QED) is 0.512. The topological polar surface area (TPSA) is 46.5 Å². The second-order valence-electron chi connectivity index (χ2n) is 3.38. The van der Waals surface area contributed by atoms with E-state index in [2.05, 4.69) is 0 Å². The van der Waals surface area contributed by atoms with Crippen molar-refractivity contribution in [2.24, 2.45) is 0 Å². The Morgan fingerprint density at radius 3 is 2.85 bits per heavy atom. The standard InChI is InChI=1S/C10H10O3/c1-10(6-11)7-4-2-3-5-8(7)13-9(10)12/h2-5,11H,6H2,1H3. The molecule has 68 valence electrons. The maximum atomic E-state index is 11.4. The highest BCUT2D eigenvalue weighted by molar-refractivity contribution is 5.90. The molecule has 0 aliphatic carbocycles. The fourth-order valence-corrected chi connectivity index (χ4v) is 1.48. The molecule has 0 spiro atoms. The lowest BCUT2D eigenvalue weighted by molar-refractivity contribution is -0.139. The van der Waals surface area contributed by atoms with Crippen LogP contribution in [0.4, 0.5) is 0 Å². The van der Waals surface area contributed by atoms with Crippen molar-refractivity contribution in [1.29, 1.82) is 0 Å². The first-order chi connectivity index (χ1) is 6.18. The molecule has 1 atom stereocenters. The molecule has 1 N–H and O–H groups in total. The zero-order valence-electron chi connectivity index (χ0n) is 7.28. The Kier molecular flexibility index (Phi) is 1.63. The summed E-state index contributed by atoms with van der Waals surface area (Å²) in [5, 5.41) is 9.14. The molecule has 0 saturated carbocycles. The van der Waals surface area contributed by atoms with E-state index >= 15 is 0 Å². The van der Waals surface area contributed by atoms with Gasteiger partial charge in [-0.3, -0.25) is 4.79 Å². The molecule has 1 aromatic rings. The van der Waals surface area contributed by atoms with Crippen LogP contribution in [0.5, 0.6) is 5.75 Å². The van der Waals surface area contributed by atoms with E-state index in [1.807, 2.05) is 6.07 Å². The highest BCUT2D eigenvalue weighted by Gasteiger charge is 2.44. The van der Waals surface area contributed by atoms with Crippen molar-refractivity contribution < 1.29 is 14.6 Å². The van der Waals surface area contributed by atoms with Crippen LogP contribution < -0.4 is 4.74 Å². The number of fused-ring (bicyclic) bond motifs is 1. The van der Waals surface area contributed by atoms with Gasteiger partial charge in [-0.2, -0.15) is 0 Å². The van der Waals surface area contributed by atoms with E-state index in [9.17, 15) is 4.79 Å². The van der Waals surface area contributed by atoms with Gasteiger partial charge in [-0.25, -0.2) is 0 Å². The third-order valence-corrected chi connectivity index (χ3v) is 2.45. The number of rotatable bonds is 1. The van der Waals surface area contributed by atoms with Crippen LogP contribution in [-0.2, 0) is 10.2 Å². The lowest BCUT2D eigenvalue weighted by Crippen LogP contribution is -2.33. The van der Waals surface area contributed by atoms with E-state index in [4.69, 9.17) is 9.84 Å². The van der Waals surface area contributed by atoms with Gasteiger partial charge in [0.25, 0.3) is 0 Å². The summed E-state index contributed by atoms with van der Waals surface area (Å²) in [6.07, 6.45) is 0. The predicted octanol–water partition coefficient (Wildman–Crippen LogP) is 0.856. The maximum absolute atomic E-state index is 11.4. The fourth-order valence-electron chi connectivity index (χ4n) is 1.48. The van der Waals surface area contributed by atoms with Gasteiger partial charge < -0.3 is 9.84 Å². The van der Waals surface area contributed by atoms with Crippen LogP contribution in [0.1, 0.15) is 12.5 Å². The molecule has 3 heteroatoms. The Balaban J connectivity index is 2.59. The molecule has 0 fully saturated rings. The number of esters is 1. The molecular weight excluding hydrogens is 168 g/mol. The summed E-state index contributed by atoms with van der Waals surface area (Å²) in [4.78, 5) is 11.4. The van der Waals surface area contributed by atoms with Crippen LogP contribution in [0.3, 0.4) is 0 Å². The SMILES string of the molecule is CC1(CO)C(=O)Oc2ccccc21. The minimum absolute atomic E-state index is 0.219. The minimum atomic E-state index is -0.878. The lowest BCUT2D eigenvalue weighted by Gasteiger charge is -2.15. The Labute approximate surface area is 76.0 Å². The van der Waals surface area contributed by atoms with Gasteiger partial charge >= 0.3 is 5.97 Å². The second-order valence-corrected chi connectivity index (χ2v) is 3.38. The number of carbonyl (C=O) groups is 1. The first-order valence-electron chi connectivity index (χ1n) is 4.11. The first kappa shape index (κ1) is 8.26. The van der Waals surface area contributed by atoms with E-state index in [0.29, 0.717) is 5.75 Å². The smallest absolute Gasteiger partial charge is 0.324 e. The molecule has 0 bridgehead atoms. The van der Waals surface area contributed by atoms with Gasteiger partial charge in [0.15, 0.2) is 0 Å². The fraction of sp³-hybridized carbons (Fsp3) is 0.300. The molecule has 0 amide bonds. The van der Waals surface area contributed by atoms with E-state index in [0.717, 1.165) is 5.56 Å². The molecule has 0 radical (unpaired) electrons. The van der Waals surface area contributed by atoms with Crippen molar-refractivity contribution >= 4 is 5.97 Å². The number of aliphatic hydroxyl groups excluding tert-OH is 1. The molecule has 1 aliphatic rings. The molecule has 0 saturated heterocycles. The van der Waals surface area contributed by atoms with Crippen LogP contribution in [0.15, 0.2) is 24.3 Å². The zero-order valence-corrected chi connectivity index (χ0v) is 7.28. The van der Waals surface area contributed by atoms with Crippen LogP contribution in [0, 0.1) is 0 Å². The van der Waals surface area contributed by atoms with Crippen molar-refractivity contribution in [3.8, 4) is 5.75 Å². The van der Waals surface area contributed by atoms with Crippen molar-refractivity contribution in [3.05, 3.63) is 29.8 Å². The largest absolute Gasteiger partial charge is 0.425 e. The third-order valence-electron chi connectivity index (χ3n) is 2.45. The summed E-state index contributed by atoms with van der Waals surface area (Å²) in [6, 6.07) is 7.16. The summed E-state index contributed by atoms with van der Waals surface area (Å²) in [7, 11) is 0. The van der Waals surface area contributed by atoms with Crippen molar-refractivity contribution in [3.63, 3.8) is 0 Å². The lowest BCUT2D eigenvalue weighted by atomic mass is 9.85. The van der Waals surface area contributed by atoms with Gasteiger partial charge in [0.05, 0.1) is 6.61 Å². The van der Waals surface area contributed by atoms with Gasteiger partial charge in [-0.05, 0) is 13.0 Å². The molecule has 1 aliphatic heterocycles. The number of aliphatic hydroxyl groups is 1. The molecule has 13 heavy (non-hydrogen) atoms. The molecule has 3 nitrogen and oxygen atoms in total. The highest BCUT2D eigenvalue weighted by Crippen LogP contribution is 2.38. The number of hydrogen-bond donors (Lipinski definition) is 1.